The summed E-state index contributed by atoms with van der Waals surface area (Å²) in [6.07, 6.45) is 0.587. The second-order valence-corrected chi connectivity index (χ2v) is 12.6. The molecule has 44 heavy (non-hydrogen) atoms. The minimum Gasteiger partial charge on any atom is -0.492 e. The number of ether oxygens (including phenoxy) is 4. The van der Waals surface area contributed by atoms with Crippen molar-refractivity contribution in [2.45, 2.75) is 37.3 Å². The van der Waals surface area contributed by atoms with Crippen LogP contribution < -0.4 is 30.0 Å². The van der Waals surface area contributed by atoms with E-state index in [0.717, 1.165) is 5.56 Å². The van der Waals surface area contributed by atoms with Gasteiger partial charge in [-0.05, 0) is 48.2 Å². The lowest BCUT2D eigenvalue weighted by Crippen LogP contribution is -2.51. The van der Waals surface area contributed by atoms with Gasteiger partial charge in [0.2, 0.25) is 16.8 Å². The Morgan fingerprint density at radius 1 is 1.07 bits per heavy atom. The summed E-state index contributed by atoms with van der Waals surface area (Å²) in [5, 5.41) is 14.7. The smallest absolute Gasteiger partial charge is 0.413 e. The van der Waals surface area contributed by atoms with E-state index in [-0.39, 0.29) is 48.6 Å². The van der Waals surface area contributed by atoms with Crippen LogP contribution in [0.5, 0.6) is 23.0 Å². The molecule has 0 unspecified atom stereocenters. The summed E-state index contributed by atoms with van der Waals surface area (Å²) < 4.78 is 60.9. The fraction of sp³-hybridized carbons (Fsp3) is 0.367. The summed E-state index contributed by atoms with van der Waals surface area (Å²) >= 11 is 0. The molecule has 5 rings (SSSR count). The summed E-state index contributed by atoms with van der Waals surface area (Å²) in [4.78, 5) is 13.0. The SMILES string of the molecule is CC(C)CN(C[C@@H](O)[C@H](Cc1ccc(OCCN)cc1)NC(=O)Oc1coc2occc12)S(=O)(=O)c1ccc2c(c1)OCO2. The third-order valence-corrected chi connectivity index (χ3v) is 8.67. The average molecular weight is 630 g/mol. The van der Waals surface area contributed by atoms with Gasteiger partial charge in [0, 0.05) is 25.7 Å². The third-order valence-electron chi connectivity index (χ3n) is 6.85. The number of aliphatic hydroxyl groups is 1. The summed E-state index contributed by atoms with van der Waals surface area (Å²) in [5.41, 5.74) is 6.27. The lowest BCUT2D eigenvalue weighted by atomic mass is 10.0. The average Bonchev–Trinajstić information content (AvgIpc) is 3.74. The Labute approximate surface area is 254 Å². The molecule has 0 spiro atoms. The van der Waals surface area contributed by atoms with Gasteiger partial charge in [-0.15, -0.1) is 0 Å². The standard InChI is InChI=1S/C30H35N3O10S/c1-19(2)15-33(44(36,37)22-7-8-26-27(14-22)42-18-41-26)16-25(34)24(13-20-3-5-21(6-4-20)38-12-10-31)32-30(35)43-28-17-40-29-23(28)9-11-39-29/h3-9,11,14,17,19,24-25,34H,10,12-13,15-16,18,31H2,1-2H3,(H,32,35)/t24-,25+/m0/s1. The maximum absolute atomic E-state index is 13.8. The van der Waals surface area contributed by atoms with Crippen molar-refractivity contribution in [3.8, 4) is 23.0 Å². The molecular formula is C30H35N3O10S. The number of sulfonamides is 1. The summed E-state index contributed by atoms with van der Waals surface area (Å²) in [5.74, 6) is 1.65. The van der Waals surface area contributed by atoms with Crippen LogP contribution in [0.1, 0.15) is 19.4 Å². The van der Waals surface area contributed by atoms with Crippen LogP contribution in [0, 0.1) is 5.92 Å². The number of hydrogen-bond acceptors (Lipinski definition) is 11. The van der Waals surface area contributed by atoms with Crippen molar-refractivity contribution in [1.82, 2.24) is 9.62 Å². The minimum atomic E-state index is -4.08. The van der Waals surface area contributed by atoms with Gasteiger partial charge < -0.3 is 43.9 Å². The van der Waals surface area contributed by atoms with Crippen molar-refractivity contribution in [2.75, 3.05) is 33.0 Å². The van der Waals surface area contributed by atoms with Crippen molar-refractivity contribution >= 4 is 27.3 Å². The Kier molecular flexibility index (Phi) is 9.64. The first-order chi connectivity index (χ1) is 21.1. The maximum atomic E-state index is 13.8. The molecule has 0 saturated carbocycles. The zero-order chi connectivity index (χ0) is 31.3. The van der Waals surface area contributed by atoms with Crippen molar-refractivity contribution in [2.24, 2.45) is 11.7 Å². The topological polar surface area (TPSA) is 176 Å². The number of nitrogens with two attached hydrogens (primary N) is 1. The number of carbonyl (C=O) groups excluding carboxylic acids is 1. The number of hydrogen-bond donors (Lipinski definition) is 3. The Morgan fingerprint density at radius 3 is 2.59 bits per heavy atom. The number of nitrogens with one attached hydrogen (secondary N) is 1. The lowest BCUT2D eigenvalue weighted by Gasteiger charge is -2.30. The van der Waals surface area contributed by atoms with Crippen LogP contribution in [0.25, 0.3) is 11.2 Å². The van der Waals surface area contributed by atoms with E-state index in [4.69, 9.17) is 33.5 Å². The first-order valence-corrected chi connectivity index (χ1v) is 15.5. The van der Waals surface area contributed by atoms with Gasteiger partial charge in [-0.1, -0.05) is 26.0 Å². The van der Waals surface area contributed by atoms with Crippen LogP contribution in [0.4, 0.5) is 4.79 Å². The molecule has 3 heterocycles. The van der Waals surface area contributed by atoms with Crippen LogP contribution in [0.2, 0.25) is 0 Å². The molecule has 0 bridgehead atoms. The lowest BCUT2D eigenvalue weighted by molar-refractivity contribution is 0.0991. The maximum Gasteiger partial charge on any atom is 0.413 e. The van der Waals surface area contributed by atoms with E-state index < -0.39 is 28.3 Å². The van der Waals surface area contributed by atoms with Gasteiger partial charge in [-0.2, -0.15) is 4.31 Å². The van der Waals surface area contributed by atoms with Gasteiger partial charge in [-0.25, -0.2) is 13.2 Å². The molecule has 13 nitrogen and oxygen atoms in total. The normalized spacial score (nSPS) is 14.2. The van der Waals surface area contributed by atoms with Gasteiger partial charge in [0.25, 0.3) is 0 Å². The van der Waals surface area contributed by atoms with Crippen LogP contribution in [-0.2, 0) is 16.4 Å². The number of rotatable bonds is 14. The van der Waals surface area contributed by atoms with Gasteiger partial charge in [0.05, 0.1) is 23.3 Å². The van der Waals surface area contributed by atoms with Gasteiger partial charge in [-0.3, -0.25) is 0 Å². The molecule has 236 valence electrons. The molecule has 0 saturated heterocycles. The predicted octanol–water partition coefficient (Wildman–Crippen LogP) is 3.50. The van der Waals surface area contributed by atoms with Crippen LogP contribution in [-0.4, -0.2) is 69.1 Å². The number of furan rings is 2. The number of aliphatic hydroxyl groups excluding tert-OH is 1. The molecule has 2 atom stereocenters. The number of fused-ring (bicyclic) bond motifs is 2. The van der Waals surface area contributed by atoms with Gasteiger partial charge >= 0.3 is 11.9 Å². The van der Waals surface area contributed by atoms with Crippen molar-refractivity contribution in [3.63, 3.8) is 0 Å². The molecule has 4 aromatic rings. The van der Waals surface area contributed by atoms with E-state index in [1.807, 2.05) is 13.8 Å². The second-order valence-electron chi connectivity index (χ2n) is 10.6. The fourth-order valence-electron chi connectivity index (χ4n) is 4.74. The van der Waals surface area contributed by atoms with Crippen molar-refractivity contribution in [3.05, 3.63) is 66.6 Å². The van der Waals surface area contributed by atoms with Crippen molar-refractivity contribution < 1.29 is 46.1 Å². The monoisotopic (exact) mass is 629 g/mol. The van der Waals surface area contributed by atoms with E-state index in [0.29, 0.717) is 35.8 Å². The zero-order valence-corrected chi connectivity index (χ0v) is 25.1. The summed E-state index contributed by atoms with van der Waals surface area (Å²) in [6, 6.07) is 12.1. The zero-order valence-electron chi connectivity index (χ0n) is 24.3. The highest BCUT2D eigenvalue weighted by Gasteiger charge is 2.33. The Hall–Kier alpha value is -4.24. The van der Waals surface area contributed by atoms with Gasteiger partial charge in [0.15, 0.2) is 17.2 Å². The molecule has 1 amide bonds. The fourth-order valence-corrected chi connectivity index (χ4v) is 6.37. The van der Waals surface area contributed by atoms with E-state index in [1.54, 1.807) is 30.3 Å². The Morgan fingerprint density at radius 2 is 1.84 bits per heavy atom. The highest BCUT2D eigenvalue weighted by molar-refractivity contribution is 7.89. The molecule has 0 fully saturated rings. The van der Waals surface area contributed by atoms with E-state index in [9.17, 15) is 18.3 Å². The van der Waals surface area contributed by atoms with E-state index in [1.165, 1.54) is 35.0 Å². The molecule has 1 aliphatic heterocycles. The summed E-state index contributed by atoms with van der Waals surface area (Å²) in [7, 11) is -4.08. The molecule has 0 radical (unpaired) electrons. The molecule has 1 aliphatic rings. The van der Waals surface area contributed by atoms with Crippen LogP contribution >= 0.6 is 0 Å². The molecule has 0 aliphatic carbocycles. The first kappa shape index (κ1) is 31.2. The highest BCUT2D eigenvalue weighted by Crippen LogP contribution is 2.35. The van der Waals surface area contributed by atoms with E-state index >= 15 is 0 Å². The minimum absolute atomic E-state index is 0.00175. The summed E-state index contributed by atoms with van der Waals surface area (Å²) in [6.45, 7) is 4.28. The third kappa shape index (κ3) is 7.27. The Bertz CT molecular complexity index is 1670. The molecular weight excluding hydrogens is 594 g/mol. The van der Waals surface area contributed by atoms with E-state index in [2.05, 4.69) is 5.32 Å². The van der Waals surface area contributed by atoms with Crippen LogP contribution in [0.3, 0.4) is 0 Å². The molecule has 14 heteroatoms. The number of carbonyl (C=O) groups is 1. The number of benzene rings is 2. The van der Waals surface area contributed by atoms with Crippen LogP contribution in [0.15, 0.2) is 74.8 Å². The first-order valence-electron chi connectivity index (χ1n) is 14.1. The largest absolute Gasteiger partial charge is 0.492 e. The van der Waals surface area contributed by atoms with Gasteiger partial charge in [0.1, 0.15) is 24.0 Å². The number of nitrogens with zero attached hydrogens (tertiary/aromatic N) is 1. The Balaban J connectivity index is 1.37. The van der Waals surface area contributed by atoms with Crippen molar-refractivity contribution in [1.29, 1.82) is 0 Å². The number of amides is 1. The molecule has 4 N–H and O–H groups in total. The molecule has 2 aromatic carbocycles. The quantitative estimate of drug-likeness (QED) is 0.186. The highest BCUT2D eigenvalue weighted by atomic mass is 32.2. The second kappa shape index (κ2) is 13.6. The predicted molar refractivity (Wildman–Crippen MR) is 158 cm³/mol. The molecule has 2 aromatic heterocycles.